The van der Waals surface area contributed by atoms with Gasteiger partial charge in [-0.05, 0) is 66.0 Å². The molecule has 1 fully saturated rings. The molecule has 5 nitrogen and oxygen atoms in total. The molecule has 1 heterocycles. The smallest absolute Gasteiger partial charge is 0.191 e. The van der Waals surface area contributed by atoms with Crippen LogP contribution in [0.25, 0.3) is 0 Å². The molecule has 0 atom stereocenters. The van der Waals surface area contributed by atoms with E-state index in [4.69, 9.17) is 9.73 Å². The lowest BCUT2D eigenvalue weighted by atomic mass is 9.89. The van der Waals surface area contributed by atoms with Crippen molar-refractivity contribution < 1.29 is 4.74 Å². The number of guanidine groups is 1. The molecule has 0 radical (unpaired) electrons. The number of ether oxygens (including phenoxy) is 1. The summed E-state index contributed by atoms with van der Waals surface area (Å²) in [5.74, 6) is 0.946. The highest BCUT2D eigenvalue weighted by atomic mass is 16.5. The SMILES string of the molecule is CCNC(=NCC1(N(C)C)CCOCC1)NCCC1=CCCCC1. The molecular formula is C19H36N4O. The maximum Gasteiger partial charge on any atom is 0.191 e. The quantitative estimate of drug-likeness (QED) is 0.426. The number of hydrogen-bond donors (Lipinski definition) is 2. The Hall–Kier alpha value is -1.07. The molecule has 2 aliphatic rings. The van der Waals surface area contributed by atoms with E-state index in [2.05, 4.69) is 42.6 Å². The molecule has 5 heteroatoms. The van der Waals surface area contributed by atoms with Gasteiger partial charge in [0.1, 0.15) is 0 Å². The number of rotatable bonds is 7. The first-order valence-electron chi connectivity index (χ1n) is 9.61. The van der Waals surface area contributed by atoms with Gasteiger partial charge in [-0.15, -0.1) is 0 Å². The van der Waals surface area contributed by atoms with Crippen molar-refractivity contribution in [2.75, 3.05) is 46.9 Å². The highest BCUT2D eigenvalue weighted by molar-refractivity contribution is 5.79. The average molecular weight is 337 g/mol. The van der Waals surface area contributed by atoms with Crippen molar-refractivity contribution in [1.29, 1.82) is 0 Å². The summed E-state index contributed by atoms with van der Waals surface area (Å²) in [4.78, 5) is 7.22. The van der Waals surface area contributed by atoms with Crippen molar-refractivity contribution in [3.63, 3.8) is 0 Å². The molecule has 24 heavy (non-hydrogen) atoms. The van der Waals surface area contributed by atoms with E-state index in [-0.39, 0.29) is 5.54 Å². The molecule has 0 unspecified atom stereocenters. The van der Waals surface area contributed by atoms with Crippen molar-refractivity contribution in [1.82, 2.24) is 15.5 Å². The van der Waals surface area contributed by atoms with Gasteiger partial charge < -0.3 is 20.3 Å². The highest BCUT2D eigenvalue weighted by Crippen LogP contribution is 2.26. The number of nitrogens with zero attached hydrogens (tertiary/aromatic N) is 2. The van der Waals surface area contributed by atoms with Crippen LogP contribution in [0, 0.1) is 0 Å². The van der Waals surface area contributed by atoms with Crippen LogP contribution in [0.5, 0.6) is 0 Å². The van der Waals surface area contributed by atoms with Crippen LogP contribution in [-0.2, 0) is 4.74 Å². The summed E-state index contributed by atoms with van der Waals surface area (Å²) in [6.45, 7) is 6.48. The van der Waals surface area contributed by atoms with Gasteiger partial charge in [0, 0.05) is 31.8 Å². The summed E-state index contributed by atoms with van der Waals surface area (Å²) in [7, 11) is 4.33. The second kappa shape index (κ2) is 10.0. The fraction of sp³-hybridized carbons (Fsp3) is 0.842. The van der Waals surface area contributed by atoms with Gasteiger partial charge in [-0.1, -0.05) is 11.6 Å². The zero-order chi connectivity index (χ0) is 17.3. The number of hydrogen-bond acceptors (Lipinski definition) is 3. The molecule has 0 amide bonds. The minimum Gasteiger partial charge on any atom is -0.381 e. The molecule has 2 rings (SSSR count). The van der Waals surface area contributed by atoms with Gasteiger partial charge in [0.2, 0.25) is 0 Å². The van der Waals surface area contributed by atoms with Crippen molar-refractivity contribution >= 4 is 5.96 Å². The van der Waals surface area contributed by atoms with Crippen LogP contribution in [0.15, 0.2) is 16.6 Å². The molecule has 138 valence electrons. The van der Waals surface area contributed by atoms with Gasteiger partial charge in [-0.3, -0.25) is 4.99 Å². The van der Waals surface area contributed by atoms with E-state index in [9.17, 15) is 0 Å². The third-order valence-electron chi connectivity index (χ3n) is 5.37. The molecule has 0 aromatic heterocycles. The molecule has 1 aliphatic carbocycles. The first-order chi connectivity index (χ1) is 11.7. The fourth-order valence-corrected chi connectivity index (χ4v) is 3.54. The maximum atomic E-state index is 5.55. The molecule has 0 aromatic carbocycles. The van der Waals surface area contributed by atoms with Crippen molar-refractivity contribution in [3.05, 3.63) is 11.6 Å². The summed E-state index contributed by atoms with van der Waals surface area (Å²) in [5, 5.41) is 6.90. The van der Waals surface area contributed by atoms with Crippen LogP contribution in [0.2, 0.25) is 0 Å². The Balaban J connectivity index is 1.87. The Morgan fingerprint density at radius 2 is 2.04 bits per heavy atom. The minimum atomic E-state index is 0.131. The molecule has 1 aliphatic heterocycles. The minimum absolute atomic E-state index is 0.131. The normalized spacial score (nSPS) is 21.5. The molecular weight excluding hydrogens is 300 g/mol. The van der Waals surface area contributed by atoms with Crippen LogP contribution in [0.3, 0.4) is 0 Å². The van der Waals surface area contributed by atoms with Crippen LogP contribution in [0.1, 0.15) is 51.9 Å². The van der Waals surface area contributed by atoms with E-state index in [1.54, 1.807) is 5.57 Å². The largest absolute Gasteiger partial charge is 0.381 e. The Labute approximate surface area is 147 Å². The van der Waals surface area contributed by atoms with Crippen molar-refractivity contribution in [2.45, 2.75) is 57.4 Å². The van der Waals surface area contributed by atoms with Crippen LogP contribution < -0.4 is 10.6 Å². The zero-order valence-electron chi connectivity index (χ0n) is 15.9. The van der Waals surface area contributed by atoms with E-state index in [0.29, 0.717) is 0 Å². The topological polar surface area (TPSA) is 48.9 Å². The Kier molecular flexibility index (Phi) is 8.06. The lowest BCUT2D eigenvalue weighted by molar-refractivity contribution is -0.00254. The predicted octanol–water partition coefficient (Wildman–Crippen LogP) is 2.54. The summed E-state index contributed by atoms with van der Waals surface area (Å²) in [6, 6.07) is 0. The Bertz CT molecular complexity index is 425. The van der Waals surface area contributed by atoms with Gasteiger partial charge in [0.25, 0.3) is 0 Å². The monoisotopic (exact) mass is 336 g/mol. The van der Waals surface area contributed by atoms with Crippen LogP contribution >= 0.6 is 0 Å². The molecule has 1 saturated heterocycles. The van der Waals surface area contributed by atoms with Crippen LogP contribution in [0.4, 0.5) is 0 Å². The third-order valence-corrected chi connectivity index (χ3v) is 5.37. The third kappa shape index (κ3) is 5.78. The Morgan fingerprint density at radius 3 is 2.67 bits per heavy atom. The zero-order valence-corrected chi connectivity index (χ0v) is 15.9. The van der Waals surface area contributed by atoms with E-state index in [1.807, 2.05) is 0 Å². The second-order valence-electron chi connectivity index (χ2n) is 7.21. The summed E-state index contributed by atoms with van der Waals surface area (Å²) in [6.07, 6.45) is 10.9. The first kappa shape index (κ1) is 19.3. The van der Waals surface area contributed by atoms with Gasteiger partial charge in [-0.2, -0.15) is 0 Å². The standard InChI is InChI=1S/C19H36N4O/c1-4-20-18(21-13-10-17-8-6-5-7-9-17)22-16-19(23(2)3)11-14-24-15-12-19/h8H,4-7,9-16H2,1-3H3,(H2,20,21,22). The number of aliphatic imine (C=N–C) groups is 1. The Morgan fingerprint density at radius 1 is 1.25 bits per heavy atom. The summed E-state index contributed by atoms with van der Waals surface area (Å²) < 4.78 is 5.55. The lowest BCUT2D eigenvalue weighted by Gasteiger charge is -2.41. The van der Waals surface area contributed by atoms with E-state index in [1.165, 1.54) is 25.7 Å². The average Bonchev–Trinajstić information content (AvgIpc) is 2.61. The van der Waals surface area contributed by atoms with Gasteiger partial charge in [0.05, 0.1) is 6.54 Å². The van der Waals surface area contributed by atoms with Crippen molar-refractivity contribution in [2.24, 2.45) is 4.99 Å². The fourth-order valence-electron chi connectivity index (χ4n) is 3.54. The van der Waals surface area contributed by atoms with Crippen molar-refractivity contribution in [3.8, 4) is 0 Å². The van der Waals surface area contributed by atoms with Gasteiger partial charge in [-0.25, -0.2) is 0 Å². The van der Waals surface area contributed by atoms with E-state index in [0.717, 1.165) is 58.1 Å². The van der Waals surface area contributed by atoms with Gasteiger partial charge in [0.15, 0.2) is 5.96 Å². The van der Waals surface area contributed by atoms with E-state index < -0.39 is 0 Å². The maximum absolute atomic E-state index is 5.55. The number of allylic oxidation sites excluding steroid dienone is 1. The van der Waals surface area contributed by atoms with Crippen LogP contribution in [-0.4, -0.2) is 63.3 Å². The molecule has 0 bridgehead atoms. The molecule has 0 aromatic rings. The number of likely N-dealkylation sites (N-methyl/N-ethyl adjacent to an activating group) is 1. The molecule has 0 saturated carbocycles. The lowest BCUT2D eigenvalue weighted by Crippen LogP contribution is -2.51. The summed E-state index contributed by atoms with van der Waals surface area (Å²) >= 11 is 0. The molecule has 0 spiro atoms. The summed E-state index contributed by atoms with van der Waals surface area (Å²) in [5.41, 5.74) is 1.74. The predicted molar refractivity (Wildman–Crippen MR) is 102 cm³/mol. The highest BCUT2D eigenvalue weighted by Gasteiger charge is 2.34. The number of nitrogens with one attached hydrogen (secondary N) is 2. The first-order valence-corrected chi connectivity index (χ1v) is 9.61. The molecule has 2 N–H and O–H groups in total. The van der Waals surface area contributed by atoms with E-state index >= 15 is 0 Å². The van der Waals surface area contributed by atoms with Gasteiger partial charge >= 0.3 is 0 Å². The second-order valence-corrected chi connectivity index (χ2v) is 7.21.